The molecule has 0 aromatic heterocycles. The zero-order valence-electron chi connectivity index (χ0n) is 25.6. The Balaban J connectivity index is -0.000000652. The Morgan fingerprint density at radius 2 is 0.938 bits per heavy atom. The first kappa shape index (κ1) is 48.1. The third-order valence-electron chi connectivity index (χ3n) is 5.20. The zero-order valence-corrected chi connectivity index (χ0v) is 29.9. The fourth-order valence-electron chi connectivity index (χ4n) is 3.26. The van der Waals surface area contributed by atoms with E-state index in [2.05, 4.69) is 93.6 Å². The van der Waals surface area contributed by atoms with Gasteiger partial charge in [-0.1, -0.05) is 98.4 Å². The molecule has 0 aliphatic carbocycles. The molecule has 17 heteroatoms. The van der Waals surface area contributed by atoms with E-state index in [1.807, 2.05) is 54.6 Å². The topological polar surface area (TPSA) is 269 Å². The van der Waals surface area contributed by atoms with Gasteiger partial charge in [-0.2, -0.15) is 20.4 Å². The lowest BCUT2D eigenvalue weighted by Gasteiger charge is -2.02. The Kier molecular flexibility index (Phi) is 30.2. The van der Waals surface area contributed by atoms with Crippen LogP contribution in [0.15, 0.2) is 111 Å². The highest BCUT2D eigenvalue weighted by Gasteiger charge is 2.23. The molecule has 2 aliphatic rings. The van der Waals surface area contributed by atoms with Gasteiger partial charge >= 0.3 is 11.8 Å². The molecular formula is C31H41I2N9O6. The van der Waals surface area contributed by atoms with Crippen LogP contribution in [-0.2, 0) is 14.4 Å². The van der Waals surface area contributed by atoms with E-state index >= 15 is 0 Å². The Labute approximate surface area is 302 Å². The van der Waals surface area contributed by atoms with Gasteiger partial charge < -0.3 is 16.4 Å². The molecular weight excluding hydrogens is 848 g/mol. The van der Waals surface area contributed by atoms with Crippen molar-refractivity contribution in [3.05, 3.63) is 108 Å². The number of nitrogens with one attached hydrogen (secondary N) is 2. The number of carboxylic acid groups (broad SMARTS) is 1. The Morgan fingerprint density at radius 3 is 1.19 bits per heavy atom. The number of hydrazine groups is 2. The lowest BCUT2D eigenvalue weighted by Crippen LogP contribution is -2.45. The highest BCUT2D eigenvalue weighted by molar-refractivity contribution is 15.0. The van der Waals surface area contributed by atoms with Crippen LogP contribution in [0.3, 0.4) is 0 Å². The van der Waals surface area contributed by atoms with Crippen LogP contribution in [0, 0.1) is 0 Å². The van der Waals surface area contributed by atoms with Crippen molar-refractivity contribution in [1.29, 1.82) is 0 Å². The Morgan fingerprint density at radius 1 is 0.667 bits per heavy atom. The second-order valence-corrected chi connectivity index (χ2v) is 8.27. The van der Waals surface area contributed by atoms with E-state index in [1.54, 1.807) is 23.0 Å². The van der Waals surface area contributed by atoms with Gasteiger partial charge in [0.2, 0.25) is 0 Å². The molecule has 0 saturated carbocycles. The molecule has 0 unspecified atom stereocenters. The molecule has 0 atom stereocenters. The summed E-state index contributed by atoms with van der Waals surface area (Å²) in [4.78, 5) is 39.0. The highest BCUT2D eigenvalue weighted by atomic mass is 128. The second kappa shape index (κ2) is 30.1. The molecule has 0 bridgehead atoms. The van der Waals surface area contributed by atoms with Crippen LogP contribution in [0.2, 0.25) is 0 Å². The van der Waals surface area contributed by atoms with Gasteiger partial charge in [0.15, 0.2) is 0 Å². The summed E-state index contributed by atoms with van der Waals surface area (Å²) < 4.78 is 0. The van der Waals surface area contributed by atoms with Crippen molar-refractivity contribution in [1.82, 2.24) is 17.0 Å². The molecule has 15 nitrogen and oxygen atoms in total. The molecule has 2 amide bonds. The molecule has 0 fully saturated rings. The van der Waals surface area contributed by atoms with Crippen LogP contribution in [0.5, 0.6) is 0 Å². The third kappa shape index (κ3) is 19.4. The van der Waals surface area contributed by atoms with E-state index in [9.17, 15) is 14.4 Å². The van der Waals surface area contributed by atoms with E-state index in [-0.39, 0.29) is 13.6 Å². The minimum Gasteiger partial charge on any atom is -0.481 e. The number of carboxylic acids is 1. The lowest BCUT2D eigenvalue weighted by molar-refractivity contribution is -0.139. The monoisotopic (exact) mass is 889 g/mol. The normalized spacial score (nSPS) is 11.2. The number of aldehydes is 1. The average Bonchev–Trinajstić information content (AvgIpc) is 3.82. The van der Waals surface area contributed by atoms with Crippen molar-refractivity contribution >= 4 is 84.1 Å². The summed E-state index contributed by atoms with van der Waals surface area (Å²) in [5.74, 6) is 6.30. The number of hydrogen-bond acceptors (Lipinski definition) is 12. The van der Waals surface area contributed by atoms with Crippen LogP contribution in [0.1, 0.15) is 48.7 Å². The first-order valence-corrected chi connectivity index (χ1v) is 19.3. The number of aliphatic carboxylic acids is 1. The van der Waals surface area contributed by atoms with E-state index < -0.39 is 17.8 Å². The molecule has 3 aromatic rings. The molecule has 0 radical (unpaired) electrons. The largest absolute Gasteiger partial charge is 0.481 e. The number of carbonyl (C=O) groups excluding carboxylic acids is 3. The van der Waals surface area contributed by atoms with Crippen molar-refractivity contribution in [2.75, 3.05) is 7.11 Å². The second-order valence-electron chi connectivity index (χ2n) is 8.27. The maximum atomic E-state index is 10.0. The van der Waals surface area contributed by atoms with Crippen molar-refractivity contribution in [3.63, 3.8) is 0 Å². The summed E-state index contributed by atoms with van der Waals surface area (Å²) in [7, 11) is 1.00. The lowest BCUT2D eigenvalue weighted by atomic mass is 9.99. The first-order valence-electron chi connectivity index (χ1n) is 13.0. The van der Waals surface area contributed by atoms with Crippen LogP contribution >= 0.6 is 37.2 Å². The number of aliphatic hydroxyl groups is 1. The molecule has 2 aliphatic heterocycles. The van der Waals surface area contributed by atoms with E-state index in [0.717, 1.165) is 72.7 Å². The summed E-state index contributed by atoms with van der Waals surface area (Å²) in [6.07, 6.45) is 2.28. The van der Waals surface area contributed by atoms with Gasteiger partial charge in [-0.05, 0) is 11.1 Å². The SMILES string of the molecule is C.CC(=O)O.CO.II.N.NNC(=O)C(=O)NN.O=Cc1ccccc1.c1ccc(C2=NN=C(C3=NN=C(c4ccccc4)C3)C2)cc1. The number of benzene rings is 3. The average molecular weight is 890 g/mol. The highest BCUT2D eigenvalue weighted by Crippen LogP contribution is 2.18. The Hall–Kier alpha value is -4.28. The van der Waals surface area contributed by atoms with Crippen LogP contribution in [0.25, 0.3) is 0 Å². The summed E-state index contributed by atoms with van der Waals surface area (Å²) in [6, 6.07) is 29.4. The standard InChI is InChI=1S/C18H14N4.C7H6O.C2H6N4O2.C2H4O2.CH4O.CH4.I2.H3N/c1-3-7-13(8-4-1)15-11-17(21-19-15)18-12-16(20-22-18)14-9-5-2-6-10-14;8-6-7-4-2-1-3-5-7;3-5-1(7)2(8)6-4;1-2(3)4;1-2;;1-2;/h1-10H,11-12H2;1-6H;3-4H2,(H,5,7)(H,6,8);1H3,(H,3,4);2H,1H3;1H4;;1H3. The number of halogens is 2. The smallest absolute Gasteiger partial charge is 0.324 e. The number of amides is 2. The van der Waals surface area contributed by atoms with Crippen LogP contribution < -0.4 is 28.7 Å². The number of nitrogens with zero attached hydrogens (tertiary/aromatic N) is 4. The van der Waals surface area contributed by atoms with Gasteiger partial charge in [0, 0.05) is 69.7 Å². The van der Waals surface area contributed by atoms with E-state index in [4.69, 9.17) is 15.0 Å². The number of aliphatic hydroxyl groups excluding tert-OH is 1. The minimum absolute atomic E-state index is 0. The summed E-state index contributed by atoms with van der Waals surface area (Å²) in [5.41, 5.74) is 9.96. The number of nitrogens with two attached hydrogens (primary N) is 2. The number of carbonyl (C=O) groups is 4. The number of rotatable bonds is 4. The van der Waals surface area contributed by atoms with Gasteiger partial charge in [0.05, 0.1) is 22.8 Å². The summed E-state index contributed by atoms with van der Waals surface area (Å²) in [6.45, 7) is 1.08. The third-order valence-corrected chi connectivity index (χ3v) is 5.20. The van der Waals surface area contributed by atoms with Gasteiger partial charge in [-0.3, -0.25) is 30.0 Å². The molecule has 0 saturated heterocycles. The first-order chi connectivity index (χ1) is 22.3. The fraction of sp³-hybridized carbons (Fsp3) is 0.161. The van der Waals surface area contributed by atoms with Crippen LogP contribution in [-0.4, -0.2) is 64.2 Å². The van der Waals surface area contributed by atoms with E-state index in [1.165, 1.54) is 0 Å². The van der Waals surface area contributed by atoms with Crippen molar-refractivity contribution in [3.8, 4) is 0 Å². The fourth-order valence-corrected chi connectivity index (χ4v) is 3.26. The predicted molar refractivity (Wildman–Crippen MR) is 208 cm³/mol. The molecule has 2 heterocycles. The maximum Gasteiger partial charge on any atom is 0.324 e. The molecule has 11 N–H and O–H groups in total. The minimum atomic E-state index is -0.965. The summed E-state index contributed by atoms with van der Waals surface area (Å²) in [5, 5.41) is 31.6. The molecule has 48 heavy (non-hydrogen) atoms. The van der Waals surface area contributed by atoms with Gasteiger partial charge in [-0.25, -0.2) is 11.7 Å². The molecule has 3 aromatic carbocycles. The predicted octanol–water partition coefficient (Wildman–Crippen LogP) is 4.22. The number of hydrogen-bond donors (Lipinski definition) is 7. The van der Waals surface area contributed by atoms with Crippen LogP contribution in [0.4, 0.5) is 0 Å². The van der Waals surface area contributed by atoms with Crippen molar-refractivity contribution in [2.45, 2.75) is 27.2 Å². The van der Waals surface area contributed by atoms with E-state index in [0.29, 0.717) is 0 Å². The molecule has 260 valence electrons. The zero-order chi connectivity index (χ0) is 34.7. The van der Waals surface area contributed by atoms with Gasteiger partial charge in [-0.15, -0.1) is 0 Å². The van der Waals surface area contributed by atoms with Gasteiger partial charge in [0.1, 0.15) is 6.29 Å². The molecule has 0 spiro atoms. The van der Waals surface area contributed by atoms with Crippen molar-refractivity contribution < 1.29 is 29.4 Å². The summed E-state index contributed by atoms with van der Waals surface area (Å²) >= 11 is 4.24. The molecule has 5 rings (SSSR count). The quantitative estimate of drug-likeness (QED) is 0.0493. The van der Waals surface area contributed by atoms with Gasteiger partial charge in [0.25, 0.3) is 5.97 Å². The Bertz CT molecular complexity index is 1400. The maximum absolute atomic E-state index is 10.0. The van der Waals surface area contributed by atoms with Crippen molar-refractivity contribution in [2.24, 2.45) is 32.1 Å².